The summed E-state index contributed by atoms with van der Waals surface area (Å²) < 4.78 is 32.4. The smallest absolute Gasteiger partial charge is 0.356 e. The van der Waals surface area contributed by atoms with E-state index in [0.717, 1.165) is 6.07 Å². The Bertz CT molecular complexity index is 676. The Kier molecular flexibility index (Phi) is 4.09. The number of nitrogens with one attached hydrogen (secondary N) is 1. The highest BCUT2D eigenvalue weighted by molar-refractivity contribution is 7.89. The van der Waals surface area contributed by atoms with Crippen molar-refractivity contribution in [2.45, 2.75) is 38.3 Å². The van der Waals surface area contributed by atoms with Crippen LogP contribution in [0.5, 0.6) is 0 Å². The van der Waals surface area contributed by atoms with Crippen LogP contribution in [0.25, 0.3) is 0 Å². The summed E-state index contributed by atoms with van der Waals surface area (Å²) in [6.45, 7) is 8.54. The summed E-state index contributed by atoms with van der Waals surface area (Å²) >= 11 is 0. The number of nitrogens with zero attached hydrogens (tertiary/aromatic N) is 2. The molecule has 1 aliphatic heterocycles. The van der Waals surface area contributed by atoms with Gasteiger partial charge in [0, 0.05) is 19.2 Å². The molecule has 9 heteroatoms. The molecule has 0 radical (unpaired) electrons. The monoisotopic (exact) mass is 331 g/mol. The van der Waals surface area contributed by atoms with Crippen molar-refractivity contribution in [3.05, 3.63) is 11.8 Å². The molecule has 22 heavy (non-hydrogen) atoms. The van der Waals surface area contributed by atoms with Gasteiger partial charge in [-0.1, -0.05) is 20.8 Å². The Morgan fingerprint density at radius 2 is 2.14 bits per heavy atom. The molecule has 0 bridgehead atoms. The normalized spacial score (nSPS) is 24.4. The summed E-state index contributed by atoms with van der Waals surface area (Å²) in [5.41, 5.74) is -1.21. The van der Waals surface area contributed by atoms with Crippen molar-refractivity contribution in [1.29, 1.82) is 0 Å². The molecule has 8 nitrogen and oxygen atoms in total. The number of carboxylic acid groups (broad SMARTS) is 1. The number of hydrogen-bond donors (Lipinski definition) is 2. The average Bonchev–Trinajstić information content (AvgIpc) is 2.87. The predicted molar refractivity (Wildman–Crippen MR) is 78.1 cm³/mol. The third-order valence-electron chi connectivity index (χ3n) is 4.22. The highest BCUT2D eigenvalue weighted by Gasteiger charge is 2.45. The maximum absolute atomic E-state index is 12.6. The van der Waals surface area contributed by atoms with Gasteiger partial charge in [0.05, 0.1) is 12.2 Å². The number of aromatic carboxylic acids is 1. The topological polar surface area (TPSA) is 113 Å². The van der Waals surface area contributed by atoms with E-state index < -0.39 is 21.6 Å². The maximum Gasteiger partial charge on any atom is 0.356 e. The Balaban J connectivity index is 2.31. The standard InChI is InChI=1S/C13H21N3O5S/c1-12(2,3)13(4)8-16(5-6-21-13)22(19,20)10-7-9(11(17)18)14-15-10/h7H,5-6,8H2,1-4H3,(H,14,15)(H,17,18). The van der Waals surface area contributed by atoms with Gasteiger partial charge in [-0.05, 0) is 12.3 Å². The first kappa shape index (κ1) is 16.9. The van der Waals surface area contributed by atoms with E-state index in [9.17, 15) is 13.2 Å². The van der Waals surface area contributed by atoms with E-state index in [2.05, 4.69) is 10.2 Å². The summed E-state index contributed by atoms with van der Waals surface area (Å²) in [5.74, 6) is -1.28. The second-order valence-electron chi connectivity index (χ2n) is 6.59. The molecule has 124 valence electrons. The van der Waals surface area contributed by atoms with Gasteiger partial charge in [-0.3, -0.25) is 5.10 Å². The lowest BCUT2D eigenvalue weighted by Crippen LogP contribution is -2.57. The van der Waals surface area contributed by atoms with Gasteiger partial charge in [0.25, 0.3) is 10.0 Å². The highest BCUT2D eigenvalue weighted by atomic mass is 32.2. The molecule has 2 heterocycles. The SMILES string of the molecule is CC(C)(C)C1(C)CN(S(=O)(=O)c2cc(C(=O)O)n[nH]2)CCO1. The third-order valence-corrected chi connectivity index (χ3v) is 5.97. The molecule has 2 N–H and O–H groups in total. The lowest BCUT2D eigenvalue weighted by atomic mass is 9.77. The number of hydrogen-bond acceptors (Lipinski definition) is 5. The second-order valence-corrected chi connectivity index (χ2v) is 8.50. The highest BCUT2D eigenvalue weighted by Crippen LogP contribution is 2.37. The lowest BCUT2D eigenvalue weighted by Gasteiger charge is -2.47. The van der Waals surface area contributed by atoms with Crippen molar-refractivity contribution in [3.63, 3.8) is 0 Å². The van der Waals surface area contributed by atoms with Gasteiger partial charge in [-0.25, -0.2) is 13.2 Å². The van der Waals surface area contributed by atoms with Crippen molar-refractivity contribution in [2.75, 3.05) is 19.7 Å². The summed E-state index contributed by atoms with van der Waals surface area (Å²) in [7, 11) is -3.83. The Labute approximate surface area is 129 Å². The van der Waals surface area contributed by atoms with Crippen LogP contribution in [-0.4, -0.2) is 59.3 Å². The predicted octanol–water partition coefficient (Wildman–Crippen LogP) is 0.934. The molecular formula is C13H21N3O5S. The van der Waals surface area contributed by atoms with E-state index in [0.29, 0.717) is 0 Å². The molecule has 1 aromatic heterocycles. The van der Waals surface area contributed by atoms with Crippen LogP contribution in [0.2, 0.25) is 0 Å². The molecule has 0 aliphatic carbocycles. The molecule has 1 atom stereocenters. The first-order valence-electron chi connectivity index (χ1n) is 6.90. The second kappa shape index (κ2) is 5.32. The fourth-order valence-corrected chi connectivity index (χ4v) is 3.61. The molecule has 2 rings (SSSR count). The van der Waals surface area contributed by atoms with Gasteiger partial charge in [0.2, 0.25) is 0 Å². The number of carboxylic acids is 1. The molecular weight excluding hydrogens is 310 g/mol. The average molecular weight is 331 g/mol. The van der Waals surface area contributed by atoms with Crippen molar-refractivity contribution < 1.29 is 23.1 Å². The van der Waals surface area contributed by atoms with Crippen LogP contribution in [0, 0.1) is 5.41 Å². The summed E-state index contributed by atoms with van der Waals surface area (Å²) in [4.78, 5) is 10.8. The molecule has 0 spiro atoms. The van der Waals surface area contributed by atoms with Gasteiger partial charge in [0.1, 0.15) is 0 Å². The van der Waals surface area contributed by atoms with Gasteiger partial charge >= 0.3 is 5.97 Å². The zero-order chi connectivity index (χ0) is 16.8. The van der Waals surface area contributed by atoms with Gasteiger partial charge in [0.15, 0.2) is 10.7 Å². The van der Waals surface area contributed by atoms with Crippen molar-refractivity contribution in [3.8, 4) is 0 Å². The summed E-state index contributed by atoms with van der Waals surface area (Å²) in [6.07, 6.45) is 0. The largest absolute Gasteiger partial charge is 0.476 e. The number of rotatable bonds is 3. The fraction of sp³-hybridized carbons (Fsp3) is 0.692. The molecule has 1 unspecified atom stereocenters. The molecule has 1 fully saturated rings. The number of ether oxygens (including phenoxy) is 1. The molecule has 1 aliphatic rings. The Morgan fingerprint density at radius 3 is 2.64 bits per heavy atom. The minimum absolute atomic E-state index is 0.195. The van der Waals surface area contributed by atoms with Crippen LogP contribution in [0.3, 0.4) is 0 Å². The number of H-pyrrole nitrogens is 1. The quantitative estimate of drug-likeness (QED) is 0.852. The first-order valence-corrected chi connectivity index (χ1v) is 8.34. The van der Waals surface area contributed by atoms with Crippen LogP contribution >= 0.6 is 0 Å². The van der Waals surface area contributed by atoms with Crippen LogP contribution in [0.4, 0.5) is 0 Å². The summed E-state index contributed by atoms with van der Waals surface area (Å²) in [5, 5.41) is 14.4. The zero-order valence-electron chi connectivity index (χ0n) is 13.1. The van der Waals surface area contributed by atoms with E-state index in [4.69, 9.17) is 9.84 Å². The molecule has 1 aromatic rings. The van der Waals surface area contributed by atoms with Crippen molar-refractivity contribution >= 4 is 16.0 Å². The minimum atomic E-state index is -3.83. The Morgan fingerprint density at radius 1 is 1.50 bits per heavy atom. The van der Waals surface area contributed by atoms with E-state index in [1.54, 1.807) is 0 Å². The van der Waals surface area contributed by atoms with Gasteiger partial charge in [-0.2, -0.15) is 9.40 Å². The van der Waals surface area contributed by atoms with Crippen LogP contribution in [0.1, 0.15) is 38.2 Å². The lowest BCUT2D eigenvalue weighted by molar-refractivity contribution is -0.138. The first-order chi connectivity index (χ1) is 9.97. The van der Waals surface area contributed by atoms with Crippen molar-refractivity contribution in [1.82, 2.24) is 14.5 Å². The maximum atomic E-state index is 12.6. The fourth-order valence-electron chi connectivity index (χ4n) is 2.18. The molecule has 1 saturated heterocycles. The number of aromatic amines is 1. The van der Waals surface area contributed by atoms with E-state index in [1.807, 2.05) is 27.7 Å². The minimum Gasteiger partial charge on any atom is -0.476 e. The van der Waals surface area contributed by atoms with Gasteiger partial charge < -0.3 is 9.84 Å². The third kappa shape index (κ3) is 2.88. The van der Waals surface area contributed by atoms with E-state index >= 15 is 0 Å². The van der Waals surface area contributed by atoms with E-state index in [-0.39, 0.29) is 35.8 Å². The Hall–Kier alpha value is -1.45. The van der Waals surface area contributed by atoms with Crippen molar-refractivity contribution in [2.24, 2.45) is 5.41 Å². The number of carbonyl (C=O) groups is 1. The number of morpholine rings is 1. The zero-order valence-corrected chi connectivity index (χ0v) is 13.9. The molecule has 0 saturated carbocycles. The van der Waals surface area contributed by atoms with Crippen LogP contribution < -0.4 is 0 Å². The van der Waals surface area contributed by atoms with Crippen LogP contribution in [0.15, 0.2) is 11.1 Å². The van der Waals surface area contributed by atoms with E-state index in [1.165, 1.54) is 4.31 Å². The van der Waals surface area contributed by atoms with Gasteiger partial charge in [-0.15, -0.1) is 0 Å². The number of sulfonamides is 1. The van der Waals surface area contributed by atoms with Crippen LogP contribution in [-0.2, 0) is 14.8 Å². The summed E-state index contributed by atoms with van der Waals surface area (Å²) in [6, 6.07) is 1.03. The molecule has 0 aromatic carbocycles. The number of aromatic nitrogens is 2. The molecule has 0 amide bonds.